The van der Waals surface area contributed by atoms with Gasteiger partial charge < -0.3 is 14.6 Å². The minimum atomic E-state index is -0.270. The van der Waals surface area contributed by atoms with Crippen molar-refractivity contribution in [2.24, 2.45) is 0 Å². The minimum absolute atomic E-state index is 0.152. The highest BCUT2D eigenvalue weighted by molar-refractivity contribution is 5.94. The van der Waals surface area contributed by atoms with Crippen LogP contribution in [-0.4, -0.2) is 27.0 Å². The summed E-state index contributed by atoms with van der Waals surface area (Å²) in [6.07, 6.45) is 4.34. The van der Waals surface area contributed by atoms with Crippen LogP contribution in [-0.2, 0) is 6.54 Å². The molecule has 2 atom stereocenters. The van der Waals surface area contributed by atoms with Crippen LogP contribution in [0, 0.1) is 0 Å². The number of amides is 1. The van der Waals surface area contributed by atoms with E-state index in [2.05, 4.69) is 40.8 Å². The number of hydrogen-bond donors (Lipinski definition) is 1. The van der Waals surface area contributed by atoms with Crippen LogP contribution in [0.3, 0.4) is 0 Å². The Morgan fingerprint density at radius 2 is 1.76 bits per heavy atom. The van der Waals surface area contributed by atoms with Crippen LogP contribution in [0.2, 0.25) is 0 Å². The summed E-state index contributed by atoms with van der Waals surface area (Å²) in [5.74, 6) is 2.05. The van der Waals surface area contributed by atoms with Gasteiger partial charge in [0, 0.05) is 18.0 Å². The Morgan fingerprint density at radius 1 is 1.03 bits per heavy atom. The van der Waals surface area contributed by atoms with Crippen molar-refractivity contribution < 1.29 is 9.53 Å². The van der Waals surface area contributed by atoms with Gasteiger partial charge in [0.2, 0.25) is 0 Å². The molecule has 33 heavy (non-hydrogen) atoms. The van der Waals surface area contributed by atoms with Crippen molar-refractivity contribution in [3.63, 3.8) is 0 Å². The molecule has 0 spiro atoms. The molecule has 0 aliphatic carbocycles. The number of nitrogens with one attached hydrogen (secondary N) is 1. The second-order valence-electron chi connectivity index (χ2n) is 8.27. The van der Waals surface area contributed by atoms with E-state index in [0.717, 1.165) is 29.0 Å². The standard InChI is InChI=1S/C27H30N4O2/c1-4-19(2)21-9-11-23(12-10-21)33-18-17-31-25-8-6-5-7-24(25)30-26(31)20(3)29-27(32)22-13-15-28-16-14-22/h5-16,19-20H,4,17-18H2,1-3H3,(H,29,32). The lowest BCUT2D eigenvalue weighted by Crippen LogP contribution is -2.29. The van der Waals surface area contributed by atoms with Gasteiger partial charge >= 0.3 is 0 Å². The number of rotatable bonds is 9. The lowest BCUT2D eigenvalue weighted by molar-refractivity contribution is 0.0937. The molecule has 2 aromatic carbocycles. The molecule has 6 nitrogen and oxygen atoms in total. The van der Waals surface area contributed by atoms with Crippen LogP contribution in [0.4, 0.5) is 0 Å². The molecular weight excluding hydrogens is 412 g/mol. The number of imidazole rings is 1. The molecule has 0 radical (unpaired) electrons. The highest BCUT2D eigenvalue weighted by atomic mass is 16.5. The molecular formula is C27H30N4O2. The van der Waals surface area contributed by atoms with E-state index in [9.17, 15) is 4.79 Å². The number of benzene rings is 2. The van der Waals surface area contributed by atoms with Crippen molar-refractivity contribution in [1.29, 1.82) is 0 Å². The summed E-state index contributed by atoms with van der Waals surface area (Å²) in [6.45, 7) is 7.50. The van der Waals surface area contributed by atoms with Crippen LogP contribution >= 0.6 is 0 Å². The van der Waals surface area contributed by atoms with Crippen LogP contribution in [0.1, 0.15) is 60.9 Å². The van der Waals surface area contributed by atoms with E-state index in [1.54, 1.807) is 24.5 Å². The molecule has 4 rings (SSSR count). The van der Waals surface area contributed by atoms with Crippen LogP contribution in [0.5, 0.6) is 5.75 Å². The average molecular weight is 443 g/mol. The smallest absolute Gasteiger partial charge is 0.251 e. The lowest BCUT2D eigenvalue weighted by Gasteiger charge is -2.17. The first-order valence-corrected chi connectivity index (χ1v) is 11.5. The van der Waals surface area contributed by atoms with Gasteiger partial charge in [0.1, 0.15) is 18.2 Å². The molecule has 0 saturated heterocycles. The van der Waals surface area contributed by atoms with E-state index >= 15 is 0 Å². The van der Waals surface area contributed by atoms with Crippen molar-refractivity contribution in [2.45, 2.75) is 45.7 Å². The Kier molecular flexibility index (Phi) is 7.03. The number of nitrogens with zero attached hydrogens (tertiary/aromatic N) is 3. The molecule has 170 valence electrons. The van der Waals surface area contributed by atoms with Gasteiger partial charge in [0.05, 0.1) is 23.6 Å². The molecule has 1 amide bonds. The van der Waals surface area contributed by atoms with Crippen LogP contribution < -0.4 is 10.1 Å². The van der Waals surface area contributed by atoms with E-state index in [4.69, 9.17) is 9.72 Å². The van der Waals surface area contributed by atoms with Crippen molar-refractivity contribution in [3.05, 3.63) is 90.0 Å². The Balaban J connectivity index is 1.48. The van der Waals surface area contributed by atoms with Gasteiger partial charge in [-0.2, -0.15) is 0 Å². The van der Waals surface area contributed by atoms with Gasteiger partial charge in [0.25, 0.3) is 5.91 Å². The normalized spacial score (nSPS) is 12.9. The van der Waals surface area contributed by atoms with E-state index in [0.29, 0.717) is 24.6 Å². The zero-order valence-corrected chi connectivity index (χ0v) is 19.4. The fraction of sp³-hybridized carbons (Fsp3) is 0.296. The van der Waals surface area contributed by atoms with Crippen molar-refractivity contribution in [3.8, 4) is 5.75 Å². The predicted octanol–water partition coefficient (Wildman–Crippen LogP) is 5.51. The van der Waals surface area contributed by atoms with Crippen LogP contribution in [0.15, 0.2) is 73.1 Å². The van der Waals surface area contributed by atoms with Gasteiger partial charge in [0.15, 0.2) is 0 Å². The second kappa shape index (κ2) is 10.3. The molecule has 0 aliphatic rings. The van der Waals surface area contributed by atoms with Crippen molar-refractivity contribution in [2.75, 3.05) is 6.61 Å². The third-order valence-corrected chi connectivity index (χ3v) is 6.01. The topological polar surface area (TPSA) is 69.0 Å². The number of ether oxygens (including phenoxy) is 1. The van der Waals surface area contributed by atoms with Gasteiger partial charge in [-0.1, -0.05) is 38.1 Å². The highest BCUT2D eigenvalue weighted by Crippen LogP contribution is 2.23. The number of hydrogen-bond acceptors (Lipinski definition) is 4. The Labute approximate surface area is 194 Å². The second-order valence-corrected chi connectivity index (χ2v) is 8.27. The maximum Gasteiger partial charge on any atom is 0.251 e. The van der Waals surface area contributed by atoms with Crippen molar-refractivity contribution in [1.82, 2.24) is 19.9 Å². The third-order valence-electron chi connectivity index (χ3n) is 6.01. The average Bonchev–Trinajstić information content (AvgIpc) is 3.23. The number of para-hydroxylation sites is 2. The number of aromatic nitrogens is 3. The minimum Gasteiger partial charge on any atom is -0.492 e. The highest BCUT2D eigenvalue weighted by Gasteiger charge is 2.19. The monoisotopic (exact) mass is 442 g/mol. The Bertz CT molecular complexity index is 1200. The largest absolute Gasteiger partial charge is 0.492 e. The quantitative estimate of drug-likeness (QED) is 0.371. The number of carbonyl (C=O) groups excluding carboxylic acids is 1. The first kappa shape index (κ1) is 22.5. The Morgan fingerprint density at radius 3 is 2.48 bits per heavy atom. The zero-order valence-electron chi connectivity index (χ0n) is 19.4. The zero-order chi connectivity index (χ0) is 23.2. The molecule has 0 bridgehead atoms. The summed E-state index contributed by atoms with van der Waals surface area (Å²) in [5, 5.41) is 3.05. The molecule has 6 heteroatoms. The molecule has 2 unspecified atom stereocenters. The molecule has 2 heterocycles. The number of carbonyl (C=O) groups is 1. The summed E-state index contributed by atoms with van der Waals surface area (Å²) in [5.41, 5.74) is 3.82. The number of fused-ring (bicyclic) bond motifs is 1. The van der Waals surface area contributed by atoms with E-state index < -0.39 is 0 Å². The molecule has 1 N–H and O–H groups in total. The summed E-state index contributed by atoms with van der Waals surface area (Å²) in [7, 11) is 0. The third kappa shape index (κ3) is 5.22. The number of pyridine rings is 1. The first-order chi connectivity index (χ1) is 16.1. The summed E-state index contributed by atoms with van der Waals surface area (Å²) < 4.78 is 8.16. The fourth-order valence-electron chi connectivity index (χ4n) is 3.89. The predicted molar refractivity (Wildman–Crippen MR) is 130 cm³/mol. The SMILES string of the molecule is CCC(C)c1ccc(OCCn2c(C(C)NC(=O)c3ccncc3)nc3ccccc32)cc1. The van der Waals surface area contributed by atoms with E-state index in [-0.39, 0.29) is 11.9 Å². The van der Waals surface area contributed by atoms with Crippen LogP contribution in [0.25, 0.3) is 11.0 Å². The molecule has 4 aromatic rings. The maximum atomic E-state index is 12.7. The molecule has 0 fully saturated rings. The van der Waals surface area contributed by atoms with Gasteiger partial charge in [-0.25, -0.2) is 4.98 Å². The Hall–Kier alpha value is -3.67. The first-order valence-electron chi connectivity index (χ1n) is 11.5. The summed E-state index contributed by atoms with van der Waals surface area (Å²) in [4.78, 5) is 21.4. The van der Waals surface area contributed by atoms with Gasteiger partial charge in [-0.3, -0.25) is 9.78 Å². The summed E-state index contributed by atoms with van der Waals surface area (Å²) in [6, 6.07) is 19.5. The van der Waals surface area contributed by atoms with E-state index in [1.165, 1.54) is 5.56 Å². The van der Waals surface area contributed by atoms with Gasteiger partial charge in [-0.05, 0) is 61.2 Å². The maximum absolute atomic E-state index is 12.7. The molecule has 0 aliphatic heterocycles. The molecule has 2 aromatic heterocycles. The van der Waals surface area contributed by atoms with E-state index in [1.807, 2.05) is 43.3 Å². The van der Waals surface area contributed by atoms with Gasteiger partial charge in [-0.15, -0.1) is 0 Å². The molecule has 0 saturated carbocycles. The fourth-order valence-corrected chi connectivity index (χ4v) is 3.89. The van der Waals surface area contributed by atoms with Crippen molar-refractivity contribution >= 4 is 16.9 Å². The lowest BCUT2D eigenvalue weighted by atomic mass is 9.99. The summed E-state index contributed by atoms with van der Waals surface area (Å²) >= 11 is 0.